The molecule has 5 saturated heterocycles. The van der Waals surface area contributed by atoms with E-state index in [2.05, 4.69) is 43.2 Å². The number of halogens is 2. The van der Waals surface area contributed by atoms with Gasteiger partial charge >= 0.3 is 12.0 Å². The number of hydrogen-bond donors (Lipinski definition) is 3. The van der Waals surface area contributed by atoms with Crippen molar-refractivity contribution in [1.82, 2.24) is 40.3 Å². The summed E-state index contributed by atoms with van der Waals surface area (Å²) in [6.45, 7) is 6.88. The van der Waals surface area contributed by atoms with Crippen molar-refractivity contribution >= 4 is 51.0 Å². The summed E-state index contributed by atoms with van der Waals surface area (Å²) in [6.07, 6.45) is 14.6. The number of urea groups is 1. The number of rotatable bonds is 12. The van der Waals surface area contributed by atoms with E-state index >= 15 is 8.78 Å². The van der Waals surface area contributed by atoms with Gasteiger partial charge in [-0.05, 0) is 104 Å². The van der Waals surface area contributed by atoms with Crippen molar-refractivity contribution in [2.24, 2.45) is 17.3 Å². The minimum Gasteiger partial charge on any atom is -0.508 e. The Labute approximate surface area is 432 Å². The first-order chi connectivity index (χ1) is 36.6. The second-order valence-electron chi connectivity index (χ2n) is 21.3. The first kappa shape index (κ1) is 47.1. The van der Waals surface area contributed by atoms with E-state index in [1.165, 1.54) is 42.5 Å². The molecule has 3 atom stereocenters. The molecule has 1 saturated carbocycles. The Morgan fingerprint density at radius 2 is 1.70 bits per heavy atom. The van der Waals surface area contributed by atoms with Crippen LogP contribution in [0.5, 0.6) is 17.5 Å². The standard InChI is InChI=1S/C56H64F2N10O6/c1-4-41-44(57)9-5-36-25-40(69)27-42(48(36)41)50-49(58)51-43(28-59-50)52(67-31-38-7-8-39(32-67)60-38)63-54(62-51)74-33-34(2)29-64-21-23-65(24-22-64)30-35-11-14-56(15-12-35)16-19-66(20-17-56)53(71)37-6-10-46(73-3)45(26-37)68-18-13-47(70)61-55(68)72/h1,5-6,9-10,25-28,34-35,38-39,60,69H,7-8,11-24,29-33H2,2-3H3,(H,61,70,72)/t34-,38?,39?/m1/s1/i30D2. The summed E-state index contributed by atoms with van der Waals surface area (Å²) in [4.78, 5) is 62.1. The number of phenolic OH excluding ortho intramolecular Hbond substituents is 1. The maximum absolute atomic E-state index is 17.1. The first-order valence-electron chi connectivity index (χ1n) is 27.1. The van der Waals surface area contributed by atoms with Crippen LogP contribution in [0.4, 0.5) is 25.1 Å². The van der Waals surface area contributed by atoms with Gasteiger partial charge in [0.1, 0.15) is 34.3 Å². The van der Waals surface area contributed by atoms with Gasteiger partial charge in [0, 0.05) is 122 Å². The predicted octanol–water partition coefficient (Wildman–Crippen LogP) is 6.95. The quantitative estimate of drug-likeness (QED) is 0.110. The van der Waals surface area contributed by atoms with Gasteiger partial charge in [0.2, 0.25) is 5.91 Å². The van der Waals surface area contributed by atoms with E-state index < -0.39 is 24.2 Å². The molecule has 3 aromatic carbocycles. The molecule has 11 rings (SSSR count). The van der Waals surface area contributed by atoms with Gasteiger partial charge in [-0.2, -0.15) is 9.97 Å². The van der Waals surface area contributed by atoms with E-state index in [9.17, 15) is 22.2 Å². The summed E-state index contributed by atoms with van der Waals surface area (Å²) in [5, 5.41) is 17.8. The smallest absolute Gasteiger partial charge is 0.328 e. The monoisotopic (exact) mass is 1010 g/mol. The number of aromatic nitrogens is 3. The van der Waals surface area contributed by atoms with Gasteiger partial charge in [-0.1, -0.05) is 18.9 Å². The minimum atomic E-state index is -1.46. The highest BCUT2D eigenvalue weighted by atomic mass is 19.1. The van der Waals surface area contributed by atoms with E-state index in [0.29, 0.717) is 92.5 Å². The molecule has 5 aliphatic heterocycles. The number of carbonyl (C=O) groups excluding carboxylic acids is 3. The van der Waals surface area contributed by atoms with Gasteiger partial charge < -0.3 is 39.5 Å². The zero-order valence-corrected chi connectivity index (χ0v) is 42.0. The lowest BCUT2D eigenvalue weighted by atomic mass is 9.65. The van der Waals surface area contributed by atoms with Gasteiger partial charge in [-0.25, -0.2) is 13.6 Å². The number of pyridine rings is 1. The number of aromatic hydroxyl groups is 1. The number of piperidine rings is 1. The molecule has 1 spiro atoms. The number of likely N-dealkylation sites (tertiary alicyclic amines) is 1. The van der Waals surface area contributed by atoms with Gasteiger partial charge in [0.05, 0.1) is 30.4 Å². The third-order valence-corrected chi connectivity index (χ3v) is 16.3. The summed E-state index contributed by atoms with van der Waals surface area (Å²) < 4.78 is 62.8. The molecular weight excluding hydrogens is 947 g/mol. The number of terminal acetylenes is 1. The number of carbonyl (C=O) groups is 3. The molecule has 2 bridgehead atoms. The van der Waals surface area contributed by atoms with Gasteiger partial charge in [-0.3, -0.25) is 24.8 Å². The fourth-order valence-electron chi connectivity index (χ4n) is 12.3. The van der Waals surface area contributed by atoms with Crippen LogP contribution >= 0.6 is 0 Å². The van der Waals surface area contributed by atoms with Crippen LogP contribution in [0, 0.1) is 41.2 Å². The van der Waals surface area contributed by atoms with Crippen molar-refractivity contribution in [3.63, 3.8) is 0 Å². The average Bonchev–Trinajstić information content (AvgIpc) is 3.78. The van der Waals surface area contributed by atoms with Crippen molar-refractivity contribution < 1.29 is 40.5 Å². The summed E-state index contributed by atoms with van der Waals surface area (Å²) in [7, 11) is 1.50. The van der Waals surface area contributed by atoms with Crippen LogP contribution in [0.2, 0.25) is 0 Å². The second kappa shape index (κ2) is 20.6. The van der Waals surface area contributed by atoms with Crippen LogP contribution < -0.4 is 29.9 Å². The number of amides is 4. The number of benzene rings is 3. The number of imide groups is 1. The number of anilines is 2. The SMILES string of the molecule is [2H]C([2H])(C1CCC2(CC1)CCN(C(=O)c1ccc(OC)c(N3CCC(=O)NC3=O)c1)CC2)N1CCN(C[C@@H](C)COc2nc(N3CC4CCC(C3)N4)c3cnc(-c4cc(O)cc5ccc(F)c(C#C)c45)c(F)c3n2)CC1. The summed E-state index contributed by atoms with van der Waals surface area (Å²) in [5.41, 5.74) is 0.887. The number of nitrogens with one attached hydrogen (secondary N) is 2. The second-order valence-corrected chi connectivity index (χ2v) is 21.3. The molecule has 6 fully saturated rings. The Kier molecular flexibility index (Phi) is 13.1. The van der Waals surface area contributed by atoms with E-state index in [0.717, 1.165) is 51.4 Å². The van der Waals surface area contributed by atoms with Crippen molar-refractivity contribution in [2.75, 3.05) is 95.5 Å². The lowest BCUT2D eigenvalue weighted by Crippen LogP contribution is -2.51. The normalized spacial score (nSPS) is 22.7. The van der Waals surface area contributed by atoms with Gasteiger partial charge in [0.25, 0.3) is 5.91 Å². The molecule has 74 heavy (non-hydrogen) atoms. The van der Waals surface area contributed by atoms with Gasteiger partial charge in [0.15, 0.2) is 5.82 Å². The summed E-state index contributed by atoms with van der Waals surface area (Å²) in [6, 6.07) is 10.6. The van der Waals surface area contributed by atoms with Crippen LogP contribution in [0.3, 0.4) is 0 Å². The van der Waals surface area contributed by atoms with Crippen LogP contribution in [0.1, 0.15) is 83.4 Å². The summed E-state index contributed by atoms with van der Waals surface area (Å²) in [5.74, 6) is 1.25. The topological polar surface area (TPSA) is 169 Å². The lowest BCUT2D eigenvalue weighted by molar-refractivity contribution is -0.120. The van der Waals surface area contributed by atoms with E-state index in [-0.39, 0.29) is 100 Å². The molecule has 2 aromatic heterocycles. The maximum Gasteiger partial charge on any atom is 0.328 e. The van der Waals surface area contributed by atoms with E-state index in [4.69, 9.17) is 20.9 Å². The number of piperazine rings is 2. The largest absolute Gasteiger partial charge is 0.508 e. The predicted molar refractivity (Wildman–Crippen MR) is 278 cm³/mol. The lowest BCUT2D eigenvalue weighted by Gasteiger charge is -2.47. The van der Waals surface area contributed by atoms with Crippen LogP contribution in [-0.2, 0) is 4.79 Å². The molecular formula is C56H64F2N10O6. The van der Waals surface area contributed by atoms with E-state index in [1.807, 2.05) is 9.80 Å². The molecule has 388 valence electrons. The fourth-order valence-corrected chi connectivity index (χ4v) is 12.3. The highest BCUT2D eigenvalue weighted by molar-refractivity contribution is 6.07. The number of phenols is 1. The highest BCUT2D eigenvalue weighted by Gasteiger charge is 2.40. The molecule has 6 aliphatic rings. The average molecular weight is 1010 g/mol. The van der Waals surface area contributed by atoms with Crippen molar-refractivity contribution in [3.05, 3.63) is 71.4 Å². The molecule has 16 nitrogen and oxygen atoms in total. The molecule has 7 heterocycles. The molecule has 5 aromatic rings. The highest BCUT2D eigenvalue weighted by Crippen LogP contribution is 2.47. The Balaban J connectivity index is 0.702. The zero-order chi connectivity index (χ0) is 53.0. The fraction of sp³-hybridized carbons (Fsp3) is 0.500. The van der Waals surface area contributed by atoms with E-state index in [1.54, 1.807) is 18.2 Å². The molecule has 18 heteroatoms. The Morgan fingerprint density at radius 3 is 2.42 bits per heavy atom. The third-order valence-electron chi connectivity index (χ3n) is 16.3. The first-order valence-corrected chi connectivity index (χ1v) is 26.1. The minimum absolute atomic E-state index is 0.0109. The third kappa shape index (κ3) is 9.89. The number of nitrogens with zero attached hydrogens (tertiary/aromatic N) is 8. The Morgan fingerprint density at radius 1 is 0.959 bits per heavy atom. The Bertz CT molecular complexity index is 3120. The molecule has 2 unspecified atom stereocenters. The van der Waals surface area contributed by atoms with Crippen molar-refractivity contribution in [2.45, 2.75) is 76.8 Å². The van der Waals surface area contributed by atoms with Gasteiger partial charge in [-0.15, -0.1) is 6.42 Å². The van der Waals surface area contributed by atoms with Crippen molar-refractivity contribution in [1.29, 1.82) is 0 Å². The Hall–Kier alpha value is -6.68. The number of ether oxygens (including phenoxy) is 2. The number of methoxy groups -OCH3 is 1. The van der Waals surface area contributed by atoms with Crippen LogP contribution in [-0.4, -0.2) is 150 Å². The molecule has 1 aliphatic carbocycles. The van der Waals surface area contributed by atoms with Crippen LogP contribution in [0.15, 0.2) is 48.7 Å². The maximum atomic E-state index is 17.1. The molecule has 0 radical (unpaired) electrons. The molecule has 4 amide bonds. The van der Waals surface area contributed by atoms with Crippen molar-refractivity contribution in [3.8, 4) is 41.1 Å². The summed E-state index contributed by atoms with van der Waals surface area (Å²) >= 11 is 0. The van der Waals surface area contributed by atoms with Crippen LogP contribution in [0.25, 0.3) is 32.9 Å². The molecule has 3 N–H and O–H groups in total. The zero-order valence-electron chi connectivity index (χ0n) is 44.0. The number of hydrogen-bond acceptors (Lipinski definition) is 13. The number of fused-ring (bicyclic) bond motifs is 4.